The van der Waals surface area contributed by atoms with E-state index in [9.17, 15) is 0 Å². The molecule has 3 rings (SSSR count). The molecule has 0 atom stereocenters. The van der Waals surface area contributed by atoms with Crippen molar-refractivity contribution in [3.05, 3.63) is 40.9 Å². The second-order valence-corrected chi connectivity index (χ2v) is 5.73. The van der Waals surface area contributed by atoms with Crippen LogP contribution in [0, 0.1) is 0 Å². The predicted molar refractivity (Wildman–Crippen MR) is 82.1 cm³/mol. The highest BCUT2D eigenvalue weighted by molar-refractivity contribution is 9.10. The molecule has 1 aliphatic rings. The van der Waals surface area contributed by atoms with Gasteiger partial charge in [0.15, 0.2) is 6.29 Å². The van der Waals surface area contributed by atoms with Crippen LogP contribution in [-0.2, 0) is 9.47 Å². The Morgan fingerprint density at radius 1 is 1.05 bits per heavy atom. The van der Waals surface area contributed by atoms with Crippen LogP contribution in [-0.4, -0.2) is 26.1 Å². The minimum Gasteiger partial charge on any atom is -0.493 e. The van der Waals surface area contributed by atoms with Crippen molar-refractivity contribution >= 4 is 26.7 Å². The first-order chi connectivity index (χ1) is 9.81. The van der Waals surface area contributed by atoms with Crippen molar-refractivity contribution in [2.75, 3.05) is 19.8 Å². The Kier molecular flexibility index (Phi) is 4.55. The fraction of sp³-hybridized carbons (Fsp3) is 0.375. The summed E-state index contributed by atoms with van der Waals surface area (Å²) in [7, 11) is 0. The summed E-state index contributed by atoms with van der Waals surface area (Å²) in [6.07, 6.45) is 1.64. The molecule has 0 aliphatic carbocycles. The summed E-state index contributed by atoms with van der Waals surface area (Å²) in [6, 6.07) is 12.4. The van der Waals surface area contributed by atoms with E-state index in [1.807, 2.05) is 12.1 Å². The zero-order chi connectivity index (χ0) is 13.8. The molecule has 1 saturated heterocycles. The van der Waals surface area contributed by atoms with E-state index in [1.165, 1.54) is 10.8 Å². The fourth-order valence-corrected chi connectivity index (χ4v) is 2.64. The molecule has 3 nitrogen and oxygen atoms in total. The van der Waals surface area contributed by atoms with Gasteiger partial charge < -0.3 is 14.2 Å². The minimum absolute atomic E-state index is 0.111. The van der Waals surface area contributed by atoms with E-state index < -0.39 is 0 Å². The molecular formula is C16H17BrO3. The number of rotatable bonds is 4. The van der Waals surface area contributed by atoms with Gasteiger partial charge in [0.25, 0.3) is 0 Å². The largest absolute Gasteiger partial charge is 0.493 e. The van der Waals surface area contributed by atoms with Crippen LogP contribution in [0.2, 0.25) is 0 Å². The molecule has 1 heterocycles. The molecule has 2 aromatic carbocycles. The van der Waals surface area contributed by atoms with Crippen molar-refractivity contribution < 1.29 is 14.2 Å². The highest BCUT2D eigenvalue weighted by Gasteiger charge is 2.13. The maximum absolute atomic E-state index is 5.78. The molecule has 4 heteroatoms. The summed E-state index contributed by atoms with van der Waals surface area (Å²) in [5.74, 6) is 0.885. The normalized spacial score (nSPS) is 16.4. The van der Waals surface area contributed by atoms with Gasteiger partial charge in [-0.3, -0.25) is 0 Å². The second kappa shape index (κ2) is 6.57. The molecule has 1 fully saturated rings. The first-order valence-electron chi connectivity index (χ1n) is 6.86. The van der Waals surface area contributed by atoms with Gasteiger partial charge in [-0.05, 0) is 41.5 Å². The molecule has 2 aromatic rings. The van der Waals surface area contributed by atoms with Gasteiger partial charge in [-0.2, -0.15) is 0 Å². The van der Waals surface area contributed by atoms with E-state index in [1.54, 1.807) is 0 Å². The average molecular weight is 337 g/mol. The summed E-state index contributed by atoms with van der Waals surface area (Å²) in [4.78, 5) is 0. The fourth-order valence-electron chi connectivity index (χ4n) is 2.26. The van der Waals surface area contributed by atoms with Crippen LogP contribution in [0.1, 0.15) is 12.8 Å². The lowest BCUT2D eigenvalue weighted by molar-refractivity contribution is -0.183. The molecule has 20 heavy (non-hydrogen) atoms. The van der Waals surface area contributed by atoms with E-state index >= 15 is 0 Å². The Labute approximate surface area is 127 Å². The number of fused-ring (bicyclic) bond motifs is 1. The molecule has 0 aromatic heterocycles. The molecule has 0 saturated carbocycles. The zero-order valence-electron chi connectivity index (χ0n) is 11.2. The first-order valence-corrected chi connectivity index (χ1v) is 7.66. The van der Waals surface area contributed by atoms with Crippen LogP contribution < -0.4 is 4.74 Å². The van der Waals surface area contributed by atoms with E-state index in [0.29, 0.717) is 6.61 Å². The van der Waals surface area contributed by atoms with Crippen LogP contribution in [0.15, 0.2) is 40.9 Å². The maximum atomic E-state index is 5.78. The number of ether oxygens (including phenoxy) is 3. The van der Waals surface area contributed by atoms with Crippen LogP contribution in [0.3, 0.4) is 0 Å². The topological polar surface area (TPSA) is 27.7 Å². The number of benzene rings is 2. The summed E-state index contributed by atoms with van der Waals surface area (Å²) in [5.41, 5.74) is 0. The number of hydrogen-bond donors (Lipinski definition) is 0. The molecule has 0 bridgehead atoms. The SMILES string of the molecule is Brc1ccc2cc(OCCC3OCCCO3)ccc2c1. The Morgan fingerprint density at radius 3 is 2.65 bits per heavy atom. The Bertz CT molecular complexity index is 579. The van der Waals surface area contributed by atoms with Gasteiger partial charge >= 0.3 is 0 Å². The van der Waals surface area contributed by atoms with Gasteiger partial charge in [0.05, 0.1) is 19.8 Å². The molecule has 1 aliphatic heterocycles. The average Bonchev–Trinajstić information content (AvgIpc) is 2.48. The Morgan fingerprint density at radius 2 is 1.80 bits per heavy atom. The summed E-state index contributed by atoms with van der Waals surface area (Å²) in [5, 5.41) is 2.38. The summed E-state index contributed by atoms with van der Waals surface area (Å²) >= 11 is 3.48. The lowest BCUT2D eigenvalue weighted by Crippen LogP contribution is -2.26. The number of halogens is 1. The third-order valence-electron chi connectivity index (χ3n) is 3.29. The van der Waals surface area contributed by atoms with E-state index in [4.69, 9.17) is 14.2 Å². The molecule has 0 amide bonds. The van der Waals surface area contributed by atoms with Crippen molar-refractivity contribution in [3.63, 3.8) is 0 Å². The lowest BCUT2D eigenvalue weighted by atomic mass is 10.1. The van der Waals surface area contributed by atoms with E-state index in [-0.39, 0.29) is 6.29 Å². The van der Waals surface area contributed by atoms with Crippen molar-refractivity contribution in [2.24, 2.45) is 0 Å². The van der Waals surface area contributed by atoms with Gasteiger partial charge in [-0.15, -0.1) is 0 Å². The highest BCUT2D eigenvalue weighted by Crippen LogP contribution is 2.24. The predicted octanol–water partition coefficient (Wildman–Crippen LogP) is 4.13. The zero-order valence-corrected chi connectivity index (χ0v) is 12.8. The molecule has 0 spiro atoms. The quantitative estimate of drug-likeness (QED) is 0.839. The monoisotopic (exact) mass is 336 g/mol. The molecule has 0 unspecified atom stereocenters. The Balaban J connectivity index is 1.58. The maximum Gasteiger partial charge on any atom is 0.160 e. The molecule has 0 radical (unpaired) electrons. The van der Waals surface area contributed by atoms with Crippen LogP contribution in [0.4, 0.5) is 0 Å². The molecule has 106 valence electrons. The van der Waals surface area contributed by atoms with Crippen molar-refractivity contribution in [2.45, 2.75) is 19.1 Å². The van der Waals surface area contributed by atoms with E-state index in [0.717, 1.165) is 36.3 Å². The van der Waals surface area contributed by atoms with E-state index in [2.05, 4.69) is 40.2 Å². The third-order valence-corrected chi connectivity index (χ3v) is 3.79. The molecule has 0 N–H and O–H groups in total. The minimum atomic E-state index is -0.111. The first kappa shape index (κ1) is 13.9. The molecular weight excluding hydrogens is 320 g/mol. The summed E-state index contributed by atoms with van der Waals surface area (Å²) in [6.45, 7) is 2.18. The van der Waals surface area contributed by atoms with Crippen LogP contribution >= 0.6 is 15.9 Å². The van der Waals surface area contributed by atoms with Crippen LogP contribution in [0.5, 0.6) is 5.75 Å². The smallest absolute Gasteiger partial charge is 0.160 e. The van der Waals surface area contributed by atoms with Crippen molar-refractivity contribution in [1.29, 1.82) is 0 Å². The van der Waals surface area contributed by atoms with Gasteiger partial charge in [0, 0.05) is 10.9 Å². The Hall–Kier alpha value is -1.10. The van der Waals surface area contributed by atoms with Gasteiger partial charge in [-0.25, -0.2) is 0 Å². The van der Waals surface area contributed by atoms with Gasteiger partial charge in [0.2, 0.25) is 0 Å². The lowest BCUT2D eigenvalue weighted by Gasteiger charge is -2.23. The van der Waals surface area contributed by atoms with Crippen molar-refractivity contribution in [1.82, 2.24) is 0 Å². The third kappa shape index (κ3) is 3.51. The summed E-state index contributed by atoms with van der Waals surface area (Å²) < 4.78 is 17.8. The highest BCUT2D eigenvalue weighted by atomic mass is 79.9. The van der Waals surface area contributed by atoms with Gasteiger partial charge in [0.1, 0.15) is 5.75 Å². The second-order valence-electron chi connectivity index (χ2n) is 4.82. The van der Waals surface area contributed by atoms with Gasteiger partial charge in [-0.1, -0.05) is 28.1 Å². The van der Waals surface area contributed by atoms with Crippen LogP contribution in [0.25, 0.3) is 10.8 Å². The number of hydrogen-bond acceptors (Lipinski definition) is 3. The standard InChI is InChI=1S/C16H17BrO3/c17-14-4-2-13-11-15(5-3-12(13)10-14)18-9-6-16-19-7-1-8-20-16/h2-5,10-11,16H,1,6-9H2. The van der Waals surface area contributed by atoms with Crippen molar-refractivity contribution in [3.8, 4) is 5.75 Å².